The molecule has 3 nitrogen and oxygen atoms in total. The summed E-state index contributed by atoms with van der Waals surface area (Å²) in [6.07, 6.45) is -4.40. The highest BCUT2D eigenvalue weighted by Crippen LogP contribution is 2.31. The summed E-state index contributed by atoms with van der Waals surface area (Å²) in [6, 6.07) is 9.92. The van der Waals surface area contributed by atoms with E-state index in [9.17, 15) is 13.2 Å². The Kier molecular flexibility index (Phi) is 4.49. The number of nitrogens with two attached hydrogens (primary N) is 1. The molecule has 0 fully saturated rings. The third-order valence-electron chi connectivity index (χ3n) is 2.88. The molecule has 2 rings (SSSR count). The van der Waals surface area contributed by atoms with Crippen molar-refractivity contribution in [2.24, 2.45) is 0 Å². The van der Waals surface area contributed by atoms with Gasteiger partial charge in [0.15, 0.2) is 6.61 Å². The minimum absolute atomic E-state index is 0.0117. The van der Waals surface area contributed by atoms with Gasteiger partial charge in [-0.1, -0.05) is 12.1 Å². The zero-order valence-electron chi connectivity index (χ0n) is 12.2. The van der Waals surface area contributed by atoms with E-state index in [-0.39, 0.29) is 11.4 Å². The van der Waals surface area contributed by atoms with E-state index in [2.05, 4.69) is 0 Å². The Balaban J connectivity index is 2.21. The second-order valence-electron chi connectivity index (χ2n) is 5.01. The van der Waals surface area contributed by atoms with E-state index >= 15 is 0 Å². The molecule has 2 N–H and O–H groups in total. The van der Waals surface area contributed by atoms with Crippen LogP contribution in [0, 0.1) is 13.8 Å². The number of aryl methyl sites for hydroxylation is 2. The molecule has 0 amide bonds. The highest BCUT2D eigenvalue weighted by atomic mass is 19.4. The second-order valence-corrected chi connectivity index (χ2v) is 5.01. The van der Waals surface area contributed by atoms with Crippen molar-refractivity contribution in [3.63, 3.8) is 0 Å². The quantitative estimate of drug-likeness (QED) is 0.838. The Hall–Kier alpha value is -2.37. The van der Waals surface area contributed by atoms with Crippen molar-refractivity contribution in [3.8, 4) is 17.2 Å². The Labute approximate surface area is 126 Å². The maximum absolute atomic E-state index is 12.2. The number of ether oxygens (including phenoxy) is 2. The molecule has 0 aromatic heterocycles. The van der Waals surface area contributed by atoms with Gasteiger partial charge in [0.05, 0.1) is 0 Å². The summed E-state index contributed by atoms with van der Waals surface area (Å²) >= 11 is 0. The first-order valence-electron chi connectivity index (χ1n) is 6.58. The molecule has 118 valence electrons. The van der Waals surface area contributed by atoms with Crippen LogP contribution >= 0.6 is 0 Å². The van der Waals surface area contributed by atoms with Gasteiger partial charge in [0, 0.05) is 23.9 Å². The molecule has 0 atom stereocenters. The van der Waals surface area contributed by atoms with E-state index in [4.69, 9.17) is 15.2 Å². The number of anilines is 1. The summed E-state index contributed by atoms with van der Waals surface area (Å²) < 4.78 is 47.0. The van der Waals surface area contributed by atoms with Crippen LogP contribution in [0.25, 0.3) is 0 Å². The maximum Gasteiger partial charge on any atom is 0.422 e. The molecule has 0 unspecified atom stereocenters. The fourth-order valence-corrected chi connectivity index (χ4v) is 1.85. The number of alkyl halides is 3. The Morgan fingerprint density at radius 3 is 2.36 bits per heavy atom. The van der Waals surface area contributed by atoms with Crippen LogP contribution < -0.4 is 15.2 Å². The zero-order valence-corrected chi connectivity index (χ0v) is 12.2. The predicted octanol–water partition coefficient (Wildman–Crippen LogP) is 4.62. The van der Waals surface area contributed by atoms with Crippen LogP contribution in [-0.4, -0.2) is 12.8 Å². The van der Waals surface area contributed by atoms with Crippen LogP contribution in [0.1, 0.15) is 11.1 Å². The van der Waals surface area contributed by atoms with Crippen LogP contribution in [0.5, 0.6) is 17.2 Å². The number of hydrogen-bond donors (Lipinski definition) is 1. The van der Waals surface area contributed by atoms with E-state index in [1.54, 1.807) is 0 Å². The van der Waals surface area contributed by atoms with Crippen LogP contribution in [0.2, 0.25) is 0 Å². The summed E-state index contributed by atoms with van der Waals surface area (Å²) in [6.45, 7) is 2.42. The van der Waals surface area contributed by atoms with Crippen molar-refractivity contribution in [1.82, 2.24) is 0 Å². The lowest BCUT2D eigenvalue weighted by atomic mass is 10.1. The van der Waals surface area contributed by atoms with Gasteiger partial charge < -0.3 is 15.2 Å². The van der Waals surface area contributed by atoms with Crippen LogP contribution in [0.3, 0.4) is 0 Å². The van der Waals surface area contributed by atoms with Gasteiger partial charge in [-0.2, -0.15) is 13.2 Å². The molecular weight excluding hydrogens is 295 g/mol. The molecule has 0 heterocycles. The fraction of sp³-hybridized carbons (Fsp3) is 0.250. The molecule has 22 heavy (non-hydrogen) atoms. The molecule has 0 aliphatic rings. The lowest BCUT2D eigenvalue weighted by Gasteiger charge is -2.13. The highest BCUT2D eigenvalue weighted by Gasteiger charge is 2.28. The lowest BCUT2D eigenvalue weighted by molar-refractivity contribution is -0.153. The van der Waals surface area contributed by atoms with E-state index in [0.717, 1.165) is 11.1 Å². The molecular formula is C16H16F3NO2. The molecule has 0 aliphatic heterocycles. The monoisotopic (exact) mass is 311 g/mol. The van der Waals surface area contributed by atoms with Crippen molar-refractivity contribution in [1.29, 1.82) is 0 Å². The minimum Gasteiger partial charge on any atom is -0.484 e. The van der Waals surface area contributed by atoms with Gasteiger partial charge in [-0.15, -0.1) is 0 Å². The Morgan fingerprint density at radius 1 is 1.00 bits per heavy atom. The fourth-order valence-electron chi connectivity index (χ4n) is 1.85. The van der Waals surface area contributed by atoms with Gasteiger partial charge in [-0.25, -0.2) is 0 Å². The summed E-state index contributed by atoms with van der Waals surface area (Å²) in [4.78, 5) is 0. The summed E-state index contributed by atoms with van der Waals surface area (Å²) in [5.74, 6) is 0.955. The van der Waals surface area contributed by atoms with Crippen molar-refractivity contribution in [2.45, 2.75) is 20.0 Å². The lowest BCUT2D eigenvalue weighted by Crippen LogP contribution is -2.19. The topological polar surface area (TPSA) is 44.5 Å². The minimum atomic E-state index is -4.40. The third-order valence-corrected chi connectivity index (χ3v) is 2.88. The van der Waals surface area contributed by atoms with Crippen LogP contribution in [0.4, 0.5) is 18.9 Å². The van der Waals surface area contributed by atoms with Crippen molar-refractivity contribution >= 4 is 5.69 Å². The van der Waals surface area contributed by atoms with Gasteiger partial charge in [-0.3, -0.25) is 0 Å². The van der Waals surface area contributed by atoms with Crippen molar-refractivity contribution in [3.05, 3.63) is 47.5 Å². The molecule has 2 aromatic rings. The number of halogens is 3. The molecule has 6 heteroatoms. The van der Waals surface area contributed by atoms with Crippen molar-refractivity contribution in [2.75, 3.05) is 12.3 Å². The van der Waals surface area contributed by atoms with E-state index in [1.165, 1.54) is 18.2 Å². The normalized spacial score (nSPS) is 11.3. The second kappa shape index (κ2) is 6.17. The molecule has 2 aromatic carbocycles. The van der Waals surface area contributed by atoms with Gasteiger partial charge >= 0.3 is 6.18 Å². The number of rotatable bonds is 4. The first-order valence-corrected chi connectivity index (χ1v) is 6.58. The van der Waals surface area contributed by atoms with Crippen LogP contribution in [-0.2, 0) is 0 Å². The zero-order chi connectivity index (χ0) is 16.3. The SMILES string of the molecule is Cc1ccc(C)c(Oc2cc(N)cc(OCC(F)(F)F)c2)c1. The maximum atomic E-state index is 12.2. The summed E-state index contributed by atoms with van der Waals surface area (Å²) in [5.41, 5.74) is 7.86. The average molecular weight is 311 g/mol. The number of hydrogen-bond acceptors (Lipinski definition) is 3. The molecule has 0 bridgehead atoms. The molecule has 0 spiro atoms. The average Bonchev–Trinajstić information content (AvgIpc) is 2.39. The molecule has 0 saturated heterocycles. The Morgan fingerprint density at radius 2 is 1.68 bits per heavy atom. The predicted molar refractivity (Wildman–Crippen MR) is 78.4 cm³/mol. The van der Waals surface area contributed by atoms with Crippen molar-refractivity contribution < 1.29 is 22.6 Å². The van der Waals surface area contributed by atoms with Gasteiger partial charge in [0.2, 0.25) is 0 Å². The first-order chi connectivity index (χ1) is 10.2. The van der Waals surface area contributed by atoms with Crippen LogP contribution in [0.15, 0.2) is 36.4 Å². The third kappa shape index (κ3) is 4.58. The standard InChI is InChI=1S/C16H16F3NO2/c1-10-3-4-11(2)15(5-10)22-14-7-12(20)6-13(8-14)21-9-16(17,18)19/h3-8H,9,20H2,1-2H3. The Bertz CT molecular complexity index is 669. The highest BCUT2D eigenvalue weighted by molar-refractivity contribution is 5.52. The van der Waals surface area contributed by atoms with E-state index < -0.39 is 12.8 Å². The molecule has 0 aliphatic carbocycles. The first kappa shape index (κ1) is 16.0. The van der Waals surface area contributed by atoms with Gasteiger partial charge in [0.1, 0.15) is 17.2 Å². The molecule has 0 radical (unpaired) electrons. The largest absolute Gasteiger partial charge is 0.484 e. The summed E-state index contributed by atoms with van der Waals surface area (Å²) in [5, 5.41) is 0. The smallest absolute Gasteiger partial charge is 0.422 e. The number of nitrogen functional groups attached to an aromatic ring is 1. The number of benzene rings is 2. The summed E-state index contributed by atoms with van der Waals surface area (Å²) in [7, 11) is 0. The van der Waals surface area contributed by atoms with Gasteiger partial charge in [-0.05, 0) is 31.0 Å². The van der Waals surface area contributed by atoms with E-state index in [1.807, 2.05) is 32.0 Å². The molecule has 0 saturated carbocycles. The van der Waals surface area contributed by atoms with Gasteiger partial charge in [0.25, 0.3) is 0 Å². The van der Waals surface area contributed by atoms with E-state index in [0.29, 0.717) is 11.5 Å².